The van der Waals surface area contributed by atoms with E-state index in [4.69, 9.17) is 4.74 Å². The lowest BCUT2D eigenvalue weighted by atomic mass is 9.83. The molecule has 0 unspecified atom stereocenters. The molecule has 2 aliphatic rings. The van der Waals surface area contributed by atoms with Gasteiger partial charge >= 0.3 is 0 Å². The molecule has 2 rings (SSSR count). The first-order valence-corrected chi connectivity index (χ1v) is 4.50. The molecule has 3 heteroatoms. The van der Waals surface area contributed by atoms with E-state index in [-0.39, 0.29) is 17.5 Å². The summed E-state index contributed by atoms with van der Waals surface area (Å²) in [7, 11) is 0. The predicted octanol–water partition coefficient (Wildman–Crippen LogP) is 0.814. The van der Waals surface area contributed by atoms with Gasteiger partial charge in [0, 0.05) is 5.57 Å². The third kappa shape index (κ3) is 1.23. The van der Waals surface area contributed by atoms with Crippen LogP contribution in [0.15, 0.2) is 11.6 Å². The molecule has 0 spiro atoms. The van der Waals surface area contributed by atoms with Crippen molar-refractivity contribution in [3.63, 3.8) is 0 Å². The summed E-state index contributed by atoms with van der Waals surface area (Å²) in [5.41, 5.74) is -0.816. The molecule has 2 atom stereocenters. The first-order chi connectivity index (χ1) is 5.84. The fourth-order valence-electron chi connectivity index (χ4n) is 1.82. The quantitative estimate of drug-likeness (QED) is 0.610. The molecule has 1 saturated heterocycles. The van der Waals surface area contributed by atoms with Crippen LogP contribution in [0, 0.1) is 0 Å². The summed E-state index contributed by atoms with van der Waals surface area (Å²) in [5.74, 6) is -0.0544. The van der Waals surface area contributed by atoms with Gasteiger partial charge in [0.05, 0.1) is 5.60 Å². The topological polar surface area (TPSA) is 49.8 Å². The van der Waals surface area contributed by atoms with Gasteiger partial charge in [-0.25, -0.2) is 0 Å². The van der Waals surface area contributed by atoms with Crippen molar-refractivity contribution < 1.29 is 14.6 Å². The van der Waals surface area contributed by atoms with Crippen LogP contribution in [-0.2, 0) is 9.53 Å². The lowest BCUT2D eigenvalue weighted by molar-refractivity contribution is -0.118. The van der Waals surface area contributed by atoms with Crippen LogP contribution in [-0.4, -0.2) is 28.2 Å². The van der Waals surface area contributed by atoms with E-state index in [2.05, 4.69) is 0 Å². The highest BCUT2D eigenvalue weighted by molar-refractivity contribution is 6.04. The zero-order valence-electron chi connectivity index (χ0n) is 8.13. The van der Waals surface area contributed by atoms with Gasteiger partial charge in [-0.05, 0) is 27.2 Å². The van der Waals surface area contributed by atoms with Crippen LogP contribution in [0.25, 0.3) is 0 Å². The van der Waals surface area contributed by atoms with Crippen LogP contribution < -0.4 is 0 Å². The van der Waals surface area contributed by atoms with E-state index in [1.165, 1.54) is 0 Å². The Bertz CT molecular complexity index is 298. The largest absolute Gasteiger partial charge is 0.386 e. The molecule has 72 valence electrons. The smallest absolute Gasteiger partial charge is 0.193 e. The summed E-state index contributed by atoms with van der Waals surface area (Å²) in [5, 5.41) is 9.69. The standard InChI is InChI=1S/C10H14O3/c1-9(2,12)6-4-5-10(3)8(13-10)7(6)11/h4,8,12H,5H2,1-3H3/t8-,10+/m1/s1. The lowest BCUT2D eigenvalue weighted by Crippen LogP contribution is -2.34. The number of rotatable bonds is 1. The molecule has 1 fully saturated rings. The molecule has 0 radical (unpaired) electrons. The Labute approximate surface area is 77.4 Å². The minimum atomic E-state index is -1.04. The number of ketones is 1. The SMILES string of the molecule is CC(C)(O)C1=CC[C@]2(C)O[C@@H]2C1=O. The number of epoxide rings is 1. The maximum absolute atomic E-state index is 11.7. The van der Waals surface area contributed by atoms with Crippen molar-refractivity contribution >= 4 is 5.78 Å². The van der Waals surface area contributed by atoms with Crippen LogP contribution in [0.1, 0.15) is 27.2 Å². The van der Waals surface area contributed by atoms with Gasteiger partial charge in [0.1, 0.15) is 11.7 Å². The second-order valence-electron chi connectivity index (χ2n) is 4.56. The summed E-state index contributed by atoms with van der Waals surface area (Å²) in [6, 6.07) is 0. The number of aliphatic hydroxyl groups is 1. The number of ether oxygens (including phenoxy) is 1. The van der Waals surface area contributed by atoms with Crippen molar-refractivity contribution in [2.24, 2.45) is 0 Å². The first kappa shape index (κ1) is 8.91. The first-order valence-electron chi connectivity index (χ1n) is 4.50. The van der Waals surface area contributed by atoms with Gasteiger partial charge in [-0.3, -0.25) is 4.79 Å². The second kappa shape index (κ2) is 2.22. The predicted molar refractivity (Wildman–Crippen MR) is 47.3 cm³/mol. The Kier molecular flexibility index (Phi) is 1.52. The van der Waals surface area contributed by atoms with Crippen molar-refractivity contribution in [1.82, 2.24) is 0 Å². The molecule has 0 amide bonds. The van der Waals surface area contributed by atoms with E-state index in [1.54, 1.807) is 19.9 Å². The average molecular weight is 182 g/mol. The Morgan fingerprint density at radius 2 is 2.31 bits per heavy atom. The molecule has 0 aromatic rings. The number of carbonyl (C=O) groups excluding carboxylic acids is 1. The zero-order valence-corrected chi connectivity index (χ0v) is 8.13. The number of Topliss-reactive ketones (excluding diaryl/α,β-unsaturated/α-hetero) is 1. The van der Waals surface area contributed by atoms with Crippen LogP contribution in [0.2, 0.25) is 0 Å². The van der Waals surface area contributed by atoms with Crippen LogP contribution in [0.3, 0.4) is 0 Å². The Morgan fingerprint density at radius 1 is 1.69 bits per heavy atom. The molecular weight excluding hydrogens is 168 g/mol. The molecule has 0 aromatic heterocycles. The van der Waals surface area contributed by atoms with E-state index in [1.807, 2.05) is 6.92 Å². The molecule has 13 heavy (non-hydrogen) atoms. The monoisotopic (exact) mass is 182 g/mol. The molecule has 1 aliphatic heterocycles. The molecule has 0 saturated carbocycles. The lowest BCUT2D eigenvalue weighted by Gasteiger charge is -2.23. The van der Waals surface area contributed by atoms with Crippen molar-refractivity contribution in [2.75, 3.05) is 0 Å². The Morgan fingerprint density at radius 3 is 2.85 bits per heavy atom. The molecule has 1 N–H and O–H groups in total. The summed E-state index contributed by atoms with van der Waals surface area (Å²) in [6.45, 7) is 5.18. The van der Waals surface area contributed by atoms with Crippen LogP contribution in [0.5, 0.6) is 0 Å². The van der Waals surface area contributed by atoms with Crippen molar-refractivity contribution in [2.45, 2.75) is 44.5 Å². The molecule has 1 heterocycles. The van der Waals surface area contributed by atoms with Crippen molar-refractivity contribution in [1.29, 1.82) is 0 Å². The summed E-state index contributed by atoms with van der Waals surface area (Å²) >= 11 is 0. The van der Waals surface area contributed by atoms with Crippen LogP contribution >= 0.6 is 0 Å². The number of carbonyl (C=O) groups is 1. The maximum atomic E-state index is 11.7. The van der Waals surface area contributed by atoms with Gasteiger partial charge in [-0.1, -0.05) is 6.08 Å². The van der Waals surface area contributed by atoms with Gasteiger partial charge in [-0.2, -0.15) is 0 Å². The fraction of sp³-hybridized carbons (Fsp3) is 0.700. The molecule has 3 nitrogen and oxygen atoms in total. The van der Waals surface area contributed by atoms with Gasteiger partial charge < -0.3 is 9.84 Å². The van der Waals surface area contributed by atoms with Gasteiger partial charge in [0.2, 0.25) is 0 Å². The second-order valence-corrected chi connectivity index (χ2v) is 4.56. The number of hydrogen-bond donors (Lipinski definition) is 1. The normalized spacial score (nSPS) is 38.3. The van der Waals surface area contributed by atoms with E-state index in [9.17, 15) is 9.90 Å². The molecular formula is C10H14O3. The fourth-order valence-corrected chi connectivity index (χ4v) is 1.82. The summed E-state index contributed by atoms with van der Waals surface area (Å²) in [6.07, 6.45) is 2.22. The highest BCUT2D eigenvalue weighted by atomic mass is 16.6. The van der Waals surface area contributed by atoms with Crippen LogP contribution in [0.4, 0.5) is 0 Å². The van der Waals surface area contributed by atoms with Gasteiger partial charge in [0.15, 0.2) is 5.78 Å². The van der Waals surface area contributed by atoms with E-state index in [0.29, 0.717) is 5.57 Å². The summed E-state index contributed by atoms with van der Waals surface area (Å²) in [4.78, 5) is 11.7. The summed E-state index contributed by atoms with van der Waals surface area (Å²) < 4.78 is 5.29. The third-order valence-electron chi connectivity index (χ3n) is 2.76. The minimum Gasteiger partial charge on any atom is -0.386 e. The number of hydrogen-bond acceptors (Lipinski definition) is 3. The van der Waals surface area contributed by atoms with E-state index in [0.717, 1.165) is 6.42 Å². The number of fused-ring (bicyclic) bond motifs is 1. The minimum absolute atomic E-state index is 0.0544. The Hall–Kier alpha value is -0.670. The van der Waals surface area contributed by atoms with Crippen molar-refractivity contribution in [3.8, 4) is 0 Å². The van der Waals surface area contributed by atoms with Gasteiger partial charge in [-0.15, -0.1) is 0 Å². The van der Waals surface area contributed by atoms with Gasteiger partial charge in [0.25, 0.3) is 0 Å². The zero-order chi connectivity index (χ0) is 9.85. The Balaban J connectivity index is 2.29. The highest BCUT2D eigenvalue weighted by Gasteiger charge is 2.59. The molecule has 1 aliphatic carbocycles. The third-order valence-corrected chi connectivity index (χ3v) is 2.76. The average Bonchev–Trinajstić information content (AvgIpc) is 2.60. The van der Waals surface area contributed by atoms with E-state index >= 15 is 0 Å². The highest BCUT2D eigenvalue weighted by Crippen LogP contribution is 2.46. The maximum Gasteiger partial charge on any atom is 0.193 e. The molecule has 0 aromatic carbocycles. The molecule has 0 bridgehead atoms. The van der Waals surface area contributed by atoms with E-state index < -0.39 is 5.60 Å². The van der Waals surface area contributed by atoms with Crippen molar-refractivity contribution in [3.05, 3.63) is 11.6 Å².